The van der Waals surface area contributed by atoms with E-state index in [4.69, 9.17) is 62.3 Å². The third-order valence-electron chi connectivity index (χ3n) is 6.55. The summed E-state index contributed by atoms with van der Waals surface area (Å²) in [5.74, 6) is 0. The van der Waals surface area contributed by atoms with E-state index in [-0.39, 0.29) is 0 Å². The van der Waals surface area contributed by atoms with E-state index in [0.717, 1.165) is 39.3 Å². The molecule has 44 heavy (non-hydrogen) atoms. The normalized spacial score (nSPS) is 26.6. The van der Waals surface area contributed by atoms with Gasteiger partial charge in [-0.25, -0.2) is 0 Å². The summed E-state index contributed by atoms with van der Waals surface area (Å²) in [4.78, 5) is 4.59. The van der Waals surface area contributed by atoms with E-state index in [1.54, 1.807) is 0 Å². The fourth-order valence-corrected chi connectivity index (χ4v) is 4.48. The first-order chi connectivity index (χ1) is 21.7. The Labute approximate surface area is 274 Å². The van der Waals surface area contributed by atoms with Crippen molar-refractivity contribution in [3.8, 4) is 0 Å². The van der Waals surface area contributed by atoms with E-state index >= 15 is 0 Å². The summed E-state index contributed by atoms with van der Waals surface area (Å²) < 4.78 is 46.1. The smallest absolute Gasteiger partial charge is 0.166 e. The van der Waals surface area contributed by atoms with Crippen molar-refractivity contribution in [2.24, 2.45) is 0 Å². The summed E-state index contributed by atoms with van der Waals surface area (Å²) in [5.41, 5.74) is 0. The maximum Gasteiger partial charge on any atom is 0.166 e. The van der Waals surface area contributed by atoms with Gasteiger partial charge in [0.05, 0.1) is 106 Å². The molecule has 3 aliphatic rings. The molecule has 3 aliphatic heterocycles. The van der Waals surface area contributed by atoms with Gasteiger partial charge in [-0.2, -0.15) is 0 Å². The van der Waals surface area contributed by atoms with Crippen molar-refractivity contribution >= 4 is 34.7 Å². The minimum atomic E-state index is 0.516. The first-order valence-electron chi connectivity index (χ1n) is 15.8. The van der Waals surface area contributed by atoms with Gasteiger partial charge in [-0.1, -0.05) is 0 Å². The monoisotopic (exact) mass is 668 g/mol. The molecule has 0 saturated carbocycles. The molecular weight excluding hydrogens is 612 g/mol. The van der Waals surface area contributed by atoms with Crippen LogP contribution in [0.3, 0.4) is 0 Å². The first kappa shape index (κ1) is 39.2. The van der Waals surface area contributed by atoms with Crippen molar-refractivity contribution in [1.82, 2.24) is 31.1 Å². The predicted octanol–water partition coefficient (Wildman–Crippen LogP) is -1.32. The predicted molar refractivity (Wildman–Crippen MR) is 177 cm³/mol. The Bertz CT molecular complexity index is 631. The highest BCUT2D eigenvalue weighted by molar-refractivity contribution is 7.80. The molecule has 0 spiro atoms. The fraction of sp³-hybridized carbons (Fsp3) is 0.929. The number of ether oxygens (including phenoxy) is 8. The van der Waals surface area contributed by atoms with Gasteiger partial charge in [-0.15, -0.1) is 0 Å². The van der Waals surface area contributed by atoms with Crippen molar-refractivity contribution in [1.29, 1.82) is 0 Å². The highest BCUT2D eigenvalue weighted by Gasteiger charge is 2.08. The van der Waals surface area contributed by atoms with Gasteiger partial charge < -0.3 is 59.2 Å². The van der Waals surface area contributed by atoms with Gasteiger partial charge in [0.15, 0.2) is 10.2 Å². The maximum atomic E-state index is 5.83. The molecule has 0 aromatic heterocycles. The lowest BCUT2D eigenvalue weighted by Gasteiger charge is -2.23. The number of hydrogen-bond donors (Lipinski definition) is 4. The van der Waals surface area contributed by atoms with Crippen molar-refractivity contribution in [2.75, 3.05) is 171 Å². The van der Waals surface area contributed by atoms with Gasteiger partial charge in [-0.05, 0) is 24.4 Å². The quantitative estimate of drug-likeness (QED) is 0.180. The highest BCUT2D eigenvalue weighted by atomic mass is 32.1. The topological polar surface area (TPSA) is 128 Å². The zero-order valence-corrected chi connectivity index (χ0v) is 28.0. The zero-order valence-electron chi connectivity index (χ0n) is 26.4. The molecule has 3 saturated heterocycles. The molecule has 0 atom stereocenters. The van der Waals surface area contributed by atoms with Gasteiger partial charge >= 0.3 is 0 Å². The molecule has 14 nitrogen and oxygen atoms in total. The van der Waals surface area contributed by atoms with Crippen LogP contribution in [0.25, 0.3) is 0 Å². The number of nitrogens with one attached hydrogen (secondary N) is 4. The molecular formula is C28H56N6O8S2. The molecule has 0 amide bonds. The number of hydrogen-bond acceptors (Lipinski definition) is 12. The van der Waals surface area contributed by atoms with Crippen LogP contribution >= 0.6 is 24.4 Å². The third kappa shape index (κ3) is 24.2. The van der Waals surface area contributed by atoms with Gasteiger partial charge in [0.1, 0.15) is 0 Å². The Morgan fingerprint density at radius 1 is 0.318 bits per heavy atom. The van der Waals surface area contributed by atoms with Crippen molar-refractivity contribution < 1.29 is 37.9 Å². The summed E-state index contributed by atoms with van der Waals surface area (Å²) in [7, 11) is 0. The molecule has 16 heteroatoms. The maximum absolute atomic E-state index is 5.83. The molecule has 258 valence electrons. The Morgan fingerprint density at radius 3 is 0.773 bits per heavy atom. The van der Waals surface area contributed by atoms with Crippen LogP contribution in [0.15, 0.2) is 0 Å². The molecule has 0 aliphatic carbocycles. The molecule has 0 radical (unpaired) electrons. The fourth-order valence-electron chi connectivity index (χ4n) is 4.07. The van der Waals surface area contributed by atoms with Crippen molar-refractivity contribution in [2.45, 2.75) is 0 Å². The van der Waals surface area contributed by atoms with E-state index in [1.165, 1.54) is 0 Å². The first-order valence-corrected chi connectivity index (χ1v) is 16.7. The van der Waals surface area contributed by atoms with Gasteiger partial charge in [0.25, 0.3) is 0 Å². The summed E-state index contributed by atoms with van der Waals surface area (Å²) in [5, 5.41) is 13.8. The second-order valence-corrected chi connectivity index (χ2v) is 10.8. The summed E-state index contributed by atoms with van der Waals surface area (Å²) in [6, 6.07) is 0. The largest absolute Gasteiger partial charge is 0.378 e. The van der Waals surface area contributed by atoms with Crippen LogP contribution in [0.1, 0.15) is 0 Å². The van der Waals surface area contributed by atoms with Crippen LogP contribution in [0.2, 0.25) is 0 Å². The van der Waals surface area contributed by atoms with E-state index in [9.17, 15) is 0 Å². The van der Waals surface area contributed by atoms with Crippen LogP contribution in [0, 0.1) is 0 Å². The highest BCUT2D eigenvalue weighted by Crippen LogP contribution is 1.95. The Kier molecular flexibility index (Phi) is 26.2. The minimum absolute atomic E-state index is 0.516. The second-order valence-electron chi connectivity index (χ2n) is 9.95. The number of rotatable bonds is 0. The number of thiocarbonyl (C=S) groups is 2. The lowest BCUT2D eigenvalue weighted by atomic mass is 10.4. The molecule has 3 fully saturated rings. The Hall–Kier alpha value is -1.02. The van der Waals surface area contributed by atoms with Crippen molar-refractivity contribution in [3.63, 3.8) is 0 Å². The van der Waals surface area contributed by atoms with Crippen LogP contribution in [-0.4, -0.2) is 191 Å². The van der Waals surface area contributed by atoms with Crippen molar-refractivity contribution in [3.05, 3.63) is 0 Å². The summed E-state index contributed by atoms with van der Waals surface area (Å²) >= 11 is 10.6. The number of fused-ring (bicyclic) bond motifs is 37. The average molecular weight is 669 g/mol. The standard InChI is InChI=1S/C28H56N6O8S2/c43-27-29-1-11-35-15-5-33-7-17-39-23-25-41-19-9-34(10-20-42-26-24-40-18-8-33)6-16-36-12-2-30-28(44)32-4-14-38-22-21-37-13-3-31-27/h1-26H2,(H2,29,31,43)(H2,30,32,44). The van der Waals surface area contributed by atoms with Gasteiger partial charge in [0.2, 0.25) is 0 Å². The SMILES string of the molecule is S=C1NCCOCCOCCNC(=S)NCCOCCN2CCOCCOCCN(CCOCCN1)CCOCCOCC2. The van der Waals surface area contributed by atoms with E-state index in [0.29, 0.717) is 142 Å². The van der Waals surface area contributed by atoms with E-state index < -0.39 is 0 Å². The van der Waals surface area contributed by atoms with Gasteiger partial charge in [0, 0.05) is 65.4 Å². The summed E-state index contributed by atoms with van der Waals surface area (Å²) in [6.07, 6.45) is 0. The van der Waals surface area contributed by atoms with E-state index in [2.05, 4.69) is 31.1 Å². The molecule has 3 rings (SSSR count). The molecule has 0 aromatic rings. The molecule has 3 heterocycles. The molecule has 0 aromatic carbocycles. The van der Waals surface area contributed by atoms with Gasteiger partial charge in [-0.3, -0.25) is 9.80 Å². The number of nitrogens with zero attached hydrogens (tertiary/aromatic N) is 2. The molecule has 0 unspecified atom stereocenters. The molecule has 4 N–H and O–H groups in total. The van der Waals surface area contributed by atoms with Crippen LogP contribution in [0.4, 0.5) is 0 Å². The van der Waals surface area contributed by atoms with Crippen LogP contribution in [0.5, 0.6) is 0 Å². The Balaban J connectivity index is 1.79. The third-order valence-corrected chi connectivity index (χ3v) is 7.13. The summed E-state index contributed by atoms with van der Waals surface area (Å²) in [6.45, 7) is 16.5. The lowest BCUT2D eigenvalue weighted by molar-refractivity contribution is 0.00116. The van der Waals surface area contributed by atoms with Crippen LogP contribution in [-0.2, 0) is 37.9 Å². The second kappa shape index (κ2) is 29.4. The lowest BCUT2D eigenvalue weighted by Crippen LogP contribution is -2.39. The van der Waals surface area contributed by atoms with Crippen LogP contribution < -0.4 is 21.3 Å². The van der Waals surface area contributed by atoms with E-state index in [1.807, 2.05) is 0 Å². The molecule has 2 bridgehead atoms. The minimum Gasteiger partial charge on any atom is -0.378 e. The Morgan fingerprint density at radius 2 is 0.523 bits per heavy atom. The zero-order chi connectivity index (χ0) is 31.2. The average Bonchev–Trinajstić information content (AvgIpc) is 3.02.